The molecule has 0 atom stereocenters. The van der Waals surface area contributed by atoms with Gasteiger partial charge in [0.15, 0.2) is 3.23 Å². The van der Waals surface area contributed by atoms with Gasteiger partial charge in [0.2, 0.25) is 0 Å². The minimum atomic E-state index is -0.738. The van der Waals surface area contributed by atoms with Gasteiger partial charge >= 0.3 is 5.97 Å². The summed E-state index contributed by atoms with van der Waals surface area (Å²) in [5, 5.41) is 0. The van der Waals surface area contributed by atoms with Crippen LogP contribution in [0.2, 0.25) is 0 Å². The lowest BCUT2D eigenvalue weighted by molar-refractivity contribution is -0.158. The molecular formula is C12H19Br2NO3. The third-order valence-corrected chi connectivity index (χ3v) is 3.98. The summed E-state index contributed by atoms with van der Waals surface area (Å²) in [4.78, 5) is 25.5. The molecule has 0 N–H and O–H groups in total. The van der Waals surface area contributed by atoms with Crippen molar-refractivity contribution >= 4 is 43.7 Å². The van der Waals surface area contributed by atoms with E-state index in [-0.39, 0.29) is 18.4 Å². The number of likely N-dealkylation sites (tertiary alicyclic amines) is 1. The zero-order valence-corrected chi connectivity index (χ0v) is 14.1. The lowest BCUT2D eigenvalue weighted by Gasteiger charge is -2.27. The smallest absolute Gasteiger partial charge is 0.326 e. The average molecular weight is 385 g/mol. The molecule has 1 aliphatic heterocycles. The minimum absolute atomic E-state index is 0.00898. The van der Waals surface area contributed by atoms with Crippen molar-refractivity contribution in [1.29, 1.82) is 0 Å². The SMILES string of the molecule is CC(C)(C)OC(=O)CN1CCCCC(Br)(Br)C1=O. The fraction of sp³-hybridized carbons (Fsp3) is 0.833. The van der Waals surface area contributed by atoms with E-state index in [4.69, 9.17) is 4.74 Å². The molecule has 104 valence electrons. The number of hydrogen-bond donors (Lipinski definition) is 0. The summed E-state index contributed by atoms with van der Waals surface area (Å²) in [5.41, 5.74) is -0.522. The van der Waals surface area contributed by atoms with Crippen LogP contribution in [0, 0.1) is 0 Å². The molecule has 1 amide bonds. The van der Waals surface area contributed by atoms with Gasteiger partial charge in [0.1, 0.15) is 12.1 Å². The number of ether oxygens (including phenoxy) is 1. The van der Waals surface area contributed by atoms with Gasteiger partial charge in [-0.15, -0.1) is 0 Å². The lowest BCUT2D eigenvalue weighted by atomic mass is 10.2. The molecule has 0 radical (unpaired) electrons. The molecule has 0 unspecified atom stereocenters. The molecule has 0 spiro atoms. The lowest BCUT2D eigenvalue weighted by Crippen LogP contribution is -2.44. The monoisotopic (exact) mass is 383 g/mol. The number of halogens is 2. The molecule has 1 fully saturated rings. The third-order valence-electron chi connectivity index (χ3n) is 2.51. The van der Waals surface area contributed by atoms with Crippen LogP contribution in [0.3, 0.4) is 0 Å². The maximum absolute atomic E-state index is 12.2. The number of carbonyl (C=O) groups excluding carboxylic acids is 2. The van der Waals surface area contributed by atoms with Crippen molar-refractivity contribution in [2.24, 2.45) is 0 Å². The molecule has 0 aromatic heterocycles. The van der Waals surface area contributed by atoms with E-state index in [1.165, 1.54) is 0 Å². The maximum atomic E-state index is 12.2. The van der Waals surface area contributed by atoms with Crippen LogP contribution in [0.1, 0.15) is 40.0 Å². The first kappa shape index (κ1) is 16.0. The Balaban J connectivity index is 2.65. The van der Waals surface area contributed by atoms with E-state index >= 15 is 0 Å². The van der Waals surface area contributed by atoms with E-state index in [1.54, 1.807) is 4.90 Å². The van der Waals surface area contributed by atoms with Crippen molar-refractivity contribution in [3.63, 3.8) is 0 Å². The average Bonchev–Trinajstić information content (AvgIpc) is 2.28. The van der Waals surface area contributed by atoms with Gasteiger partial charge in [-0.3, -0.25) is 9.59 Å². The summed E-state index contributed by atoms with van der Waals surface area (Å²) in [6.07, 6.45) is 2.55. The van der Waals surface area contributed by atoms with Gasteiger partial charge in [-0.25, -0.2) is 0 Å². The van der Waals surface area contributed by atoms with Gasteiger partial charge < -0.3 is 9.64 Å². The third kappa shape index (κ3) is 4.88. The number of hydrogen-bond acceptors (Lipinski definition) is 3. The Morgan fingerprint density at radius 3 is 2.56 bits per heavy atom. The number of esters is 1. The Labute approximate surface area is 125 Å². The second-order valence-corrected chi connectivity index (χ2v) is 9.25. The van der Waals surface area contributed by atoms with Crippen LogP contribution in [-0.2, 0) is 14.3 Å². The van der Waals surface area contributed by atoms with Crippen LogP contribution in [0.15, 0.2) is 0 Å². The summed E-state index contributed by atoms with van der Waals surface area (Å²) in [6, 6.07) is 0. The van der Waals surface area contributed by atoms with Crippen LogP contribution < -0.4 is 0 Å². The zero-order valence-electron chi connectivity index (χ0n) is 11.0. The maximum Gasteiger partial charge on any atom is 0.326 e. The molecule has 0 saturated carbocycles. The van der Waals surface area contributed by atoms with E-state index in [1.807, 2.05) is 20.8 Å². The second kappa shape index (κ2) is 5.90. The van der Waals surface area contributed by atoms with E-state index < -0.39 is 8.83 Å². The van der Waals surface area contributed by atoms with Crippen LogP contribution in [0.25, 0.3) is 0 Å². The van der Waals surface area contributed by atoms with Crippen molar-refractivity contribution in [2.75, 3.05) is 13.1 Å². The Hall–Kier alpha value is -0.100. The summed E-state index contributed by atoms with van der Waals surface area (Å²) >= 11 is 6.75. The first-order valence-electron chi connectivity index (χ1n) is 6.01. The molecule has 6 heteroatoms. The molecule has 18 heavy (non-hydrogen) atoms. The van der Waals surface area contributed by atoms with Gasteiger partial charge in [0, 0.05) is 6.54 Å². The molecule has 1 heterocycles. The van der Waals surface area contributed by atoms with E-state index in [2.05, 4.69) is 31.9 Å². The highest BCUT2D eigenvalue weighted by Gasteiger charge is 2.38. The highest BCUT2D eigenvalue weighted by molar-refractivity contribution is 9.25. The fourth-order valence-electron chi connectivity index (χ4n) is 1.77. The normalized spacial score (nSPS) is 20.5. The summed E-state index contributed by atoms with van der Waals surface area (Å²) in [7, 11) is 0. The number of alkyl halides is 2. The van der Waals surface area contributed by atoms with Gasteiger partial charge in [0.05, 0.1) is 0 Å². The molecule has 0 aliphatic carbocycles. The zero-order chi connectivity index (χ0) is 14.0. The number of carbonyl (C=O) groups is 2. The molecule has 4 nitrogen and oxygen atoms in total. The van der Waals surface area contributed by atoms with Crippen LogP contribution in [-0.4, -0.2) is 38.7 Å². The summed E-state index contributed by atoms with van der Waals surface area (Å²) in [5.74, 6) is -0.473. The molecule has 1 saturated heterocycles. The topological polar surface area (TPSA) is 46.6 Å². The molecule has 1 aliphatic rings. The predicted octanol–water partition coefficient (Wildman–Crippen LogP) is 2.83. The minimum Gasteiger partial charge on any atom is -0.459 e. The van der Waals surface area contributed by atoms with Crippen molar-refractivity contribution in [3.05, 3.63) is 0 Å². The Morgan fingerprint density at radius 2 is 2.00 bits per heavy atom. The van der Waals surface area contributed by atoms with Gasteiger partial charge in [0.25, 0.3) is 5.91 Å². The predicted molar refractivity (Wildman–Crippen MR) is 76.9 cm³/mol. The van der Waals surface area contributed by atoms with Crippen molar-refractivity contribution in [2.45, 2.75) is 48.9 Å². The molecule has 0 aromatic rings. The highest BCUT2D eigenvalue weighted by atomic mass is 79.9. The van der Waals surface area contributed by atoms with Crippen molar-refractivity contribution in [1.82, 2.24) is 4.90 Å². The second-order valence-electron chi connectivity index (χ2n) is 5.47. The van der Waals surface area contributed by atoms with Crippen LogP contribution in [0.5, 0.6) is 0 Å². The van der Waals surface area contributed by atoms with E-state index in [0.717, 1.165) is 19.3 Å². The summed E-state index contributed by atoms with van der Waals surface area (Å²) in [6.45, 7) is 6.04. The van der Waals surface area contributed by atoms with Crippen LogP contribution in [0.4, 0.5) is 0 Å². The number of rotatable bonds is 2. The van der Waals surface area contributed by atoms with Gasteiger partial charge in [-0.05, 0) is 40.0 Å². The molecular weight excluding hydrogens is 366 g/mol. The summed E-state index contributed by atoms with van der Waals surface area (Å²) < 4.78 is 4.50. The quantitative estimate of drug-likeness (QED) is 0.543. The first-order chi connectivity index (χ1) is 8.12. The van der Waals surface area contributed by atoms with Crippen LogP contribution >= 0.6 is 31.9 Å². The van der Waals surface area contributed by atoms with Crippen molar-refractivity contribution < 1.29 is 14.3 Å². The molecule has 0 aromatic carbocycles. The standard InChI is InChI=1S/C12H19Br2NO3/c1-11(2,3)18-9(16)8-15-7-5-4-6-12(13,14)10(15)17/h4-8H2,1-3H3. The fourth-order valence-corrected chi connectivity index (χ4v) is 2.83. The van der Waals surface area contributed by atoms with Gasteiger partial charge in [-0.1, -0.05) is 31.9 Å². The Morgan fingerprint density at radius 1 is 1.39 bits per heavy atom. The molecule has 1 rings (SSSR count). The highest BCUT2D eigenvalue weighted by Crippen LogP contribution is 2.36. The van der Waals surface area contributed by atoms with Gasteiger partial charge in [-0.2, -0.15) is 0 Å². The molecule has 0 bridgehead atoms. The number of amides is 1. The van der Waals surface area contributed by atoms with Crippen molar-refractivity contribution in [3.8, 4) is 0 Å². The Bertz CT molecular complexity index is 337. The Kier molecular flexibility index (Phi) is 5.23. The van der Waals surface area contributed by atoms with E-state index in [0.29, 0.717) is 6.54 Å². The van der Waals surface area contributed by atoms with E-state index in [9.17, 15) is 9.59 Å². The number of nitrogens with zero attached hydrogens (tertiary/aromatic N) is 1. The largest absolute Gasteiger partial charge is 0.459 e. The first-order valence-corrected chi connectivity index (χ1v) is 7.59.